The third-order valence-corrected chi connectivity index (χ3v) is 2.80. The molecule has 7 N–H and O–H groups in total. The Balaban J connectivity index is 3.39. The van der Waals surface area contributed by atoms with E-state index >= 15 is 0 Å². The summed E-state index contributed by atoms with van der Waals surface area (Å²) in [6.45, 7) is 0. The minimum atomic E-state index is -4.49. The molecule has 0 saturated heterocycles. The van der Waals surface area contributed by atoms with E-state index in [4.69, 9.17) is 33.4 Å². The molecule has 0 saturated carbocycles. The van der Waals surface area contributed by atoms with E-state index in [0.29, 0.717) is 0 Å². The van der Waals surface area contributed by atoms with Crippen molar-refractivity contribution in [2.75, 3.05) is 0 Å². The summed E-state index contributed by atoms with van der Waals surface area (Å²) >= 11 is 5.62. The molecule has 18 heavy (non-hydrogen) atoms. The van der Waals surface area contributed by atoms with Crippen LogP contribution in [-0.4, -0.2) is 24.9 Å². The van der Waals surface area contributed by atoms with Crippen LogP contribution in [0.4, 0.5) is 5.69 Å². The molecule has 0 unspecified atom stereocenters. The molecule has 0 aliphatic carbocycles. The van der Waals surface area contributed by atoms with Gasteiger partial charge in [-0.25, -0.2) is 4.99 Å². The second-order valence-electron chi connectivity index (χ2n) is 3.09. The van der Waals surface area contributed by atoms with Gasteiger partial charge in [0.15, 0.2) is 5.96 Å². The molecular formula is C8H10ClN5O3S. The number of hydrogen-bond donors (Lipinski definition) is 4. The number of benzene rings is 1. The van der Waals surface area contributed by atoms with Crippen LogP contribution in [0.25, 0.3) is 0 Å². The maximum atomic E-state index is 11.1. The zero-order valence-electron chi connectivity index (χ0n) is 8.91. The van der Waals surface area contributed by atoms with E-state index in [1.54, 1.807) is 0 Å². The highest BCUT2D eigenvalue weighted by molar-refractivity contribution is 7.86. The first-order valence-corrected chi connectivity index (χ1v) is 6.23. The molecule has 0 spiro atoms. The van der Waals surface area contributed by atoms with E-state index in [1.807, 2.05) is 0 Å². The van der Waals surface area contributed by atoms with Gasteiger partial charge in [-0.05, 0) is 18.2 Å². The van der Waals surface area contributed by atoms with Crippen LogP contribution in [0.2, 0.25) is 5.02 Å². The van der Waals surface area contributed by atoms with Gasteiger partial charge < -0.3 is 17.2 Å². The summed E-state index contributed by atoms with van der Waals surface area (Å²) in [6, 6.07) is 3.65. The normalized spacial score (nSPS) is 12.2. The number of hydrogen-bond acceptors (Lipinski definition) is 3. The van der Waals surface area contributed by atoms with Gasteiger partial charge in [0.1, 0.15) is 4.90 Å². The van der Waals surface area contributed by atoms with Crippen molar-refractivity contribution >= 4 is 39.3 Å². The van der Waals surface area contributed by atoms with Crippen molar-refractivity contribution in [1.82, 2.24) is 0 Å². The van der Waals surface area contributed by atoms with Crippen molar-refractivity contribution in [2.24, 2.45) is 27.2 Å². The lowest BCUT2D eigenvalue weighted by Gasteiger charge is -2.03. The fourth-order valence-electron chi connectivity index (χ4n) is 1.07. The van der Waals surface area contributed by atoms with E-state index in [1.165, 1.54) is 12.1 Å². The first kappa shape index (κ1) is 14.2. The Morgan fingerprint density at radius 1 is 1.28 bits per heavy atom. The third-order valence-electron chi connectivity index (χ3n) is 1.68. The zero-order chi connectivity index (χ0) is 13.9. The van der Waals surface area contributed by atoms with E-state index in [9.17, 15) is 8.42 Å². The standard InChI is InChI=1S/C8H10ClN5O3S/c9-4-1-2-5(6(3-4)18(15,16)17)13-8(12)14-7(10)11/h1-3H,(H,15,16,17)(H6,10,11,12,13,14). The predicted molar refractivity (Wildman–Crippen MR) is 68.4 cm³/mol. The highest BCUT2D eigenvalue weighted by Crippen LogP contribution is 2.27. The Morgan fingerprint density at radius 2 is 1.89 bits per heavy atom. The second kappa shape index (κ2) is 5.21. The summed E-state index contributed by atoms with van der Waals surface area (Å²) in [4.78, 5) is 6.57. The van der Waals surface area contributed by atoms with Crippen molar-refractivity contribution in [3.63, 3.8) is 0 Å². The van der Waals surface area contributed by atoms with Crippen LogP contribution in [-0.2, 0) is 10.1 Å². The number of halogens is 1. The molecule has 0 radical (unpaired) electrons. The van der Waals surface area contributed by atoms with E-state index in [-0.39, 0.29) is 22.6 Å². The van der Waals surface area contributed by atoms with Crippen molar-refractivity contribution in [1.29, 1.82) is 0 Å². The predicted octanol–water partition coefficient (Wildman–Crippen LogP) is -0.194. The molecule has 0 aliphatic rings. The Morgan fingerprint density at radius 3 is 2.39 bits per heavy atom. The lowest BCUT2D eigenvalue weighted by Crippen LogP contribution is -2.26. The van der Waals surface area contributed by atoms with E-state index in [0.717, 1.165) is 6.07 Å². The second-order valence-corrected chi connectivity index (χ2v) is 4.92. The number of guanidine groups is 2. The summed E-state index contributed by atoms with van der Waals surface area (Å²) in [5.74, 6) is -0.694. The molecule has 1 aromatic carbocycles. The van der Waals surface area contributed by atoms with Crippen molar-refractivity contribution in [2.45, 2.75) is 4.90 Å². The Kier molecular flexibility index (Phi) is 4.11. The highest BCUT2D eigenvalue weighted by Gasteiger charge is 2.16. The molecule has 0 atom stereocenters. The molecule has 0 aliphatic heterocycles. The van der Waals surface area contributed by atoms with Gasteiger partial charge in [-0.1, -0.05) is 11.6 Å². The number of nitrogens with zero attached hydrogens (tertiary/aromatic N) is 2. The Bertz CT molecular complexity index is 622. The van der Waals surface area contributed by atoms with Crippen LogP contribution in [0.15, 0.2) is 33.1 Å². The van der Waals surface area contributed by atoms with Crippen LogP contribution >= 0.6 is 11.6 Å². The van der Waals surface area contributed by atoms with Crippen molar-refractivity contribution < 1.29 is 13.0 Å². The van der Waals surface area contributed by atoms with Gasteiger partial charge in [0.05, 0.1) is 5.69 Å². The monoisotopic (exact) mass is 291 g/mol. The van der Waals surface area contributed by atoms with Crippen LogP contribution in [0.5, 0.6) is 0 Å². The summed E-state index contributed by atoms with van der Waals surface area (Å²) in [5, 5.41) is 0.113. The Labute approximate surface area is 108 Å². The summed E-state index contributed by atoms with van der Waals surface area (Å²) in [7, 11) is -4.49. The molecule has 1 aromatic rings. The maximum Gasteiger partial charge on any atom is 0.296 e. The molecule has 8 nitrogen and oxygen atoms in total. The maximum absolute atomic E-state index is 11.1. The minimum absolute atomic E-state index is 0.113. The van der Waals surface area contributed by atoms with Gasteiger partial charge in [-0.15, -0.1) is 0 Å². The number of aliphatic imine (C=N–C) groups is 2. The van der Waals surface area contributed by atoms with Gasteiger partial charge in [0.25, 0.3) is 10.1 Å². The lowest BCUT2D eigenvalue weighted by atomic mass is 10.3. The fraction of sp³-hybridized carbons (Fsp3) is 0. The van der Waals surface area contributed by atoms with Gasteiger partial charge >= 0.3 is 0 Å². The third kappa shape index (κ3) is 3.87. The minimum Gasteiger partial charge on any atom is -0.370 e. The first-order valence-electron chi connectivity index (χ1n) is 4.41. The average Bonchev–Trinajstić information content (AvgIpc) is 2.17. The van der Waals surface area contributed by atoms with Crippen LogP contribution < -0.4 is 17.2 Å². The van der Waals surface area contributed by atoms with Crippen LogP contribution in [0, 0.1) is 0 Å². The molecule has 10 heteroatoms. The fourth-order valence-corrected chi connectivity index (χ4v) is 1.96. The van der Waals surface area contributed by atoms with Gasteiger partial charge in [-0.3, -0.25) is 4.55 Å². The smallest absolute Gasteiger partial charge is 0.296 e. The summed E-state index contributed by atoms with van der Waals surface area (Å²) < 4.78 is 31.2. The van der Waals surface area contributed by atoms with Crippen LogP contribution in [0.1, 0.15) is 0 Å². The number of rotatable bonds is 2. The van der Waals surface area contributed by atoms with Crippen molar-refractivity contribution in [3.05, 3.63) is 23.2 Å². The summed E-state index contributed by atoms with van der Waals surface area (Å²) in [5.41, 5.74) is 15.4. The largest absolute Gasteiger partial charge is 0.370 e. The lowest BCUT2D eigenvalue weighted by molar-refractivity contribution is 0.483. The average molecular weight is 292 g/mol. The molecule has 98 valence electrons. The van der Waals surface area contributed by atoms with Crippen LogP contribution in [0.3, 0.4) is 0 Å². The quantitative estimate of drug-likeness (QED) is 0.336. The molecule has 0 amide bonds. The molecule has 0 aromatic heterocycles. The summed E-state index contributed by atoms with van der Waals surface area (Å²) in [6.07, 6.45) is 0. The van der Waals surface area contributed by atoms with Crippen molar-refractivity contribution in [3.8, 4) is 0 Å². The molecular weight excluding hydrogens is 282 g/mol. The van der Waals surface area contributed by atoms with Gasteiger partial charge in [0.2, 0.25) is 5.96 Å². The zero-order valence-corrected chi connectivity index (χ0v) is 10.5. The SMILES string of the molecule is NC(N)=NC(N)=Nc1ccc(Cl)cc1S(=O)(=O)O. The van der Waals surface area contributed by atoms with E-state index in [2.05, 4.69) is 9.98 Å². The van der Waals surface area contributed by atoms with Gasteiger partial charge in [-0.2, -0.15) is 13.4 Å². The number of nitrogens with two attached hydrogens (primary N) is 3. The Hall–Kier alpha value is -1.84. The molecule has 0 heterocycles. The topological polar surface area (TPSA) is 157 Å². The highest BCUT2D eigenvalue weighted by atomic mass is 35.5. The first-order chi connectivity index (χ1) is 8.20. The molecule has 1 rings (SSSR count). The van der Waals surface area contributed by atoms with Gasteiger partial charge in [0, 0.05) is 5.02 Å². The van der Waals surface area contributed by atoms with E-state index < -0.39 is 15.0 Å². The molecule has 0 bridgehead atoms. The molecule has 0 fully saturated rings.